The lowest BCUT2D eigenvalue weighted by atomic mass is 9.88. The number of halogens is 3. The van der Waals surface area contributed by atoms with Crippen LogP contribution in [0.4, 0.5) is 0 Å². The van der Waals surface area contributed by atoms with E-state index in [2.05, 4.69) is 10.0 Å². The predicted octanol–water partition coefficient (Wildman–Crippen LogP) is 10.0. The molecule has 0 spiro atoms. The highest BCUT2D eigenvalue weighted by Crippen LogP contribution is 2.48. The third-order valence-corrected chi connectivity index (χ3v) is 15.5. The Morgan fingerprint density at radius 2 is 1.27 bits per heavy atom. The molecule has 1 N–H and O–H groups in total. The van der Waals surface area contributed by atoms with Gasteiger partial charge in [0.15, 0.2) is 30.9 Å². The standard InChI is InChI=1S/C57H67Cl3N4O15/c1-33-42(63-64-62)40(29-65-26-36-18-10-6-11-19-36)71-51(76-54(61)57(58,59)60)44(33)73-52-47-46(77-55(4,5)78-47)45(35(3)70-52)74-49-34(2)43(41(30-68-49)67-28-38-22-14-8-15-23-38)72-53-48-56(32-69-53,31-66-27-37-20-12-7-13-21-37)79-50(75-48)39-24-16-9-17-25-39/h6-25,33-35,40-53,61H,26-32H2,1-5H3/t33?,34?,35?,40?,41-,42-,43?,44?,45+,46?,47?,48-,49+,50+,51-,52+,53+,56?/m1/s1. The average Bonchev–Trinajstić information content (AvgIpc) is 4.34. The van der Waals surface area contributed by atoms with Gasteiger partial charge in [0.2, 0.25) is 12.2 Å². The summed E-state index contributed by atoms with van der Waals surface area (Å²) in [5, 5.41) is 12.7. The van der Waals surface area contributed by atoms with Crippen molar-refractivity contribution in [1.29, 1.82) is 5.41 Å². The van der Waals surface area contributed by atoms with Crippen molar-refractivity contribution >= 4 is 40.7 Å². The number of ether oxygens (including phenoxy) is 15. The molecule has 0 bridgehead atoms. The zero-order valence-corrected chi connectivity index (χ0v) is 46.7. The molecular formula is C57H67Cl3N4O15. The molecule has 19 nitrogen and oxygen atoms in total. The van der Waals surface area contributed by atoms with Gasteiger partial charge in [-0.1, -0.05) is 175 Å². The van der Waals surface area contributed by atoms with E-state index in [9.17, 15) is 5.53 Å². The average molecular weight is 1150 g/mol. The van der Waals surface area contributed by atoms with Crippen LogP contribution in [0.3, 0.4) is 0 Å². The number of nitrogens with one attached hydrogen (secondary N) is 1. The highest BCUT2D eigenvalue weighted by molar-refractivity contribution is 6.76. The van der Waals surface area contributed by atoms with Crippen molar-refractivity contribution in [3.63, 3.8) is 0 Å². The zero-order chi connectivity index (χ0) is 55.3. The first kappa shape index (κ1) is 58.2. The quantitative estimate of drug-likeness (QED) is 0.0218. The van der Waals surface area contributed by atoms with Gasteiger partial charge >= 0.3 is 0 Å². The van der Waals surface area contributed by atoms with Crippen LogP contribution in [0, 0.1) is 17.2 Å². The number of benzene rings is 4. The summed E-state index contributed by atoms with van der Waals surface area (Å²) < 4.78 is 96.5. The summed E-state index contributed by atoms with van der Waals surface area (Å²) in [6.45, 7) is 10.5. The van der Waals surface area contributed by atoms with E-state index in [0.717, 1.165) is 22.3 Å². The Morgan fingerprint density at radius 3 is 1.91 bits per heavy atom. The molecular weight excluding hydrogens is 1090 g/mol. The van der Waals surface area contributed by atoms with E-state index in [1.165, 1.54) is 0 Å². The molecule has 6 saturated heterocycles. The fourth-order valence-electron chi connectivity index (χ4n) is 11.0. The first-order valence-electron chi connectivity index (χ1n) is 26.6. The minimum absolute atomic E-state index is 0.00795. The van der Waals surface area contributed by atoms with Gasteiger partial charge in [0, 0.05) is 16.4 Å². The third kappa shape index (κ3) is 13.7. The van der Waals surface area contributed by atoms with Gasteiger partial charge in [0.05, 0.1) is 70.6 Å². The monoisotopic (exact) mass is 1150 g/mol. The number of alkyl halides is 3. The molecule has 22 heteroatoms. The molecule has 6 fully saturated rings. The van der Waals surface area contributed by atoms with E-state index in [1.54, 1.807) is 20.8 Å². The molecule has 4 aromatic rings. The lowest BCUT2D eigenvalue weighted by Crippen LogP contribution is -2.63. The van der Waals surface area contributed by atoms with Gasteiger partial charge in [-0.3, -0.25) is 5.41 Å². The number of rotatable bonds is 20. The maximum absolute atomic E-state index is 9.80. The molecule has 0 aromatic heterocycles. The first-order chi connectivity index (χ1) is 38.1. The van der Waals surface area contributed by atoms with Gasteiger partial charge in [-0.2, -0.15) is 0 Å². The van der Waals surface area contributed by atoms with E-state index < -0.39 is 125 Å². The van der Waals surface area contributed by atoms with Gasteiger partial charge < -0.3 is 71.1 Å². The van der Waals surface area contributed by atoms with Crippen molar-refractivity contribution in [1.82, 2.24) is 0 Å². The van der Waals surface area contributed by atoms with Gasteiger partial charge in [0.25, 0.3) is 3.79 Å². The molecule has 0 saturated carbocycles. The first-order valence-corrected chi connectivity index (χ1v) is 27.7. The molecule has 9 unspecified atom stereocenters. The van der Waals surface area contributed by atoms with E-state index in [4.69, 9.17) is 111 Å². The number of hydrogen-bond donors (Lipinski definition) is 1. The smallest absolute Gasteiger partial charge is 0.265 e. The van der Waals surface area contributed by atoms with Gasteiger partial charge in [-0.25, -0.2) is 0 Å². The van der Waals surface area contributed by atoms with Crippen LogP contribution in [-0.4, -0.2) is 134 Å². The fourth-order valence-corrected chi connectivity index (χ4v) is 11.1. The summed E-state index contributed by atoms with van der Waals surface area (Å²) >= 11 is 18.4. The van der Waals surface area contributed by atoms with Crippen LogP contribution in [0.15, 0.2) is 126 Å². The second-order valence-corrected chi connectivity index (χ2v) is 23.4. The van der Waals surface area contributed by atoms with Gasteiger partial charge in [0.1, 0.15) is 42.2 Å². The van der Waals surface area contributed by atoms with Gasteiger partial charge in [-0.05, 0) is 48.9 Å². The summed E-state index contributed by atoms with van der Waals surface area (Å²) in [6, 6.07) is 38.3. The van der Waals surface area contributed by atoms with Crippen molar-refractivity contribution < 1.29 is 71.1 Å². The second-order valence-electron chi connectivity index (χ2n) is 21.2. The molecule has 10 rings (SSSR count). The Bertz CT molecular complexity index is 2650. The van der Waals surface area contributed by atoms with Crippen LogP contribution in [0.5, 0.6) is 0 Å². The number of azide groups is 1. The summed E-state index contributed by atoms with van der Waals surface area (Å²) in [5.74, 6) is -2.99. The van der Waals surface area contributed by atoms with Crippen molar-refractivity contribution in [3.8, 4) is 0 Å². The molecule has 6 heterocycles. The highest BCUT2D eigenvalue weighted by Gasteiger charge is 2.62. The lowest BCUT2D eigenvalue weighted by molar-refractivity contribution is -0.354. The SMILES string of the molecule is CC1C(O[C@@H]2OCC3(COCc4ccccc4)O[C@@H](c4ccccc4)O[C@H]23)[C@H](OCc2ccccc2)CO[C@H]1O[C@H]1C(C)O[C@@H](OC2C(C)[C@@H](N=[N+]=[N-])C(COCc3ccccc3)O[C@@H]2OC(=N)C(Cl)(Cl)Cl)C2OC(C)(C)OC21. The van der Waals surface area contributed by atoms with E-state index in [-0.39, 0.29) is 33.0 Å². The molecule has 0 amide bonds. The molecule has 6 aliphatic rings. The summed E-state index contributed by atoms with van der Waals surface area (Å²) in [6.07, 6.45) is -12.1. The number of hydrogen-bond acceptors (Lipinski definition) is 17. The zero-order valence-electron chi connectivity index (χ0n) is 44.4. The lowest BCUT2D eigenvalue weighted by Gasteiger charge is -2.48. The van der Waals surface area contributed by atoms with Crippen molar-refractivity contribution in [2.24, 2.45) is 17.0 Å². The normalized spacial score (nSPS) is 36.0. The molecule has 426 valence electrons. The second kappa shape index (κ2) is 25.6. The van der Waals surface area contributed by atoms with E-state index in [1.807, 2.05) is 135 Å². The molecule has 4 aromatic carbocycles. The number of nitrogens with zero attached hydrogens (tertiary/aromatic N) is 3. The van der Waals surface area contributed by atoms with Crippen LogP contribution >= 0.6 is 34.8 Å². The Labute approximate surface area is 474 Å². The van der Waals surface area contributed by atoms with E-state index in [0.29, 0.717) is 13.2 Å². The summed E-state index contributed by atoms with van der Waals surface area (Å²) in [5.41, 5.74) is 12.6. The minimum Gasteiger partial charge on any atom is -0.445 e. The van der Waals surface area contributed by atoms with Crippen LogP contribution in [0.1, 0.15) is 63.2 Å². The molecule has 18 atom stereocenters. The Kier molecular flexibility index (Phi) is 18.9. The van der Waals surface area contributed by atoms with Crippen LogP contribution < -0.4 is 0 Å². The third-order valence-electron chi connectivity index (χ3n) is 15.0. The van der Waals surface area contributed by atoms with Crippen molar-refractivity contribution in [2.75, 3.05) is 26.4 Å². The fraction of sp³-hybridized carbons (Fsp3) is 0.561. The van der Waals surface area contributed by atoms with Gasteiger partial charge in [-0.15, -0.1) is 0 Å². The number of fused-ring (bicyclic) bond motifs is 2. The predicted molar refractivity (Wildman–Crippen MR) is 286 cm³/mol. The van der Waals surface area contributed by atoms with Crippen molar-refractivity contribution in [2.45, 2.75) is 162 Å². The summed E-state index contributed by atoms with van der Waals surface area (Å²) in [4.78, 5) is 3.15. The molecule has 79 heavy (non-hydrogen) atoms. The van der Waals surface area contributed by atoms with Crippen LogP contribution in [-0.2, 0) is 90.9 Å². The van der Waals surface area contributed by atoms with Crippen LogP contribution in [0.2, 0.25) is 0 Å². The Hall–Kier alpha value is -4.03. The maximum Gasteiger partial charge on any atom is 0.265 e. The van der Waals surface area contributed by atoms with Crippen LogP contribution in [0.25, 0.3) is 10.4 Å². The maximum atomic E-state index is 9.80. The molecule has 0 aliphatic carbocycles. The summed E-state index contributed by atoms with van der Waals surface area (Å²) in [7, 11) is 0. The molecule has 0 radical (unpaired) electrons. The largest absolute Gasteiger partial charge is 0.445 e. The van der Waals surface area contributed by atoms with E-state index >= 15 is 0 Å². The highest BCUT2D eigenvalue weighted by atomic mass is 35.6. The Morgan fingerprint density at radius 1 is 0.671 bits per heavy atom. The Balaban J connectivity index is 0.869. The molecule has 6 aliphatic heterocycles. The topological polar surface area (TPSA) is 211 Å². The minimum atomic E-state index is -2.25. The van der Waals surface area contributed by atoms with Crippen molar-refractivity contribution in [3.05, 3.63) is 154 Å².